The number of allylic oxidation sites excluding steroid dienone is 3. The second-order valence-corrected chi connectivity index (χ2v) is 5.90. The monoisotopic (exact) mass is 367 g/mol. The van der Waals surface area contributed by atoms with E-state index in [9.17, 15) is 14.4 Å². The maximum Gasteiger partial charge on any atom is 0.534 e. The summed E-state index contributed by atoms with van der Waals surface area (Å²) in [5.74, 6) is -2.08. The quantitative estimate of drug-likeness (QED) is 0.268. The molecule has 0 aromatic heterocycles. The van der Waals surface area contributed by atoms with Gasteiger partial charge in [0.25, 0.3) is 11.8 Å². The van der Waals surface area contributed by atoms with Crippen molar-refractivity contribution in [2.24, 2.45) is 0 Å². The summed E-state index contributed by atoms with van der Waals surface area (Å²) in [4.78, 5) is 39.7. The molecule has 1 aliphatic heterocycles. The Kier molecular flexibility index (Phi) is 8.21. The number of imide groups is 1. The van der Waals surface area contributed by atoms with Gasteiger partial charge in [0.2, 0.25) is 0 Å². The van der Waals surface area contributed by atoms with Crippen molar-refractivity contribution in [1.29, 1.82) is 0 Å². The third-order valence-corrected chi connectivity index (χ3v) is 3.51. The zero-order chi connectivity index (χ0) is 19.7. The number of ether oxygens (including phenoxy) is 3. The molecule has 1 heterocycles. The van der Waals surface area contributed by atoms with Crippen LogP contribution in [-0.2, 0) is 28.6 Å². The van der Waals surface area contributed by atoms with Gasteiger partial charge in [-0.25, -0.2) is 4.79 Å². The highest BCUT2D eigenvalue weighted by Gasteiger charge is 2.34. The normalized spacial score (nSPS) is 16.5. The summed E-state index contributed by atoms with van der Waals surface area (Å²) in [7, 11) is 1.48. The highest BCUT2D eigenvalue weighted by Crippen LogP contribution is 2.17. The van der Waals surface area contributed by atoms with Crippen molar-refractivity contribution >= 4 is 18.0 Å². The summed E-state index contributed by atoms with van der Waals surface area (Å²) >= 11 is 0. The SMILES string of the molecule is C=C(/C=C\C=C/C)[C@@H](COC(C)(C)OC)OC(=O)ON1C(=O)CCC1=O. The molecule has 2 amide bonds. The lowest BCUT2D eigenvalue weighted by molar-refractivity contribution is -0.209. The summed E-state index contributed by atoms with van der Waals surface area (Å²) < 4.78 is 15.9. The van der Waals surface area contributed by atoms with Crippen LogP contribution in [0.1, 0.15) is 33.6 Å². The third-order valence-electron chi connectivity index (χ3n) is 3.51. The Morgan fingerprint density at radius 3 is 2.42 bits per heavy atom. The fraction of sp³-hybridized carbons (Fsp3) is 0.500. The van der Waals surface area contributed by atoms with Crippen LogP contribution in [0.3, 0.4) is 0 Å². The molecule has 0 radical (unpaired) electrons. The standard InChI is InChI=1S/C18H25NO7/c1-6-7-8-9-13(2)14(12-24-18(3,4)23-5)25-17(22)26-19-15(20)10-11-16(19)21/h6-9,14H,2,10-12H2,1,3-5H3/b7-6-,9-8-/t14-/m1/s1. The van der Waals surface area contributed by atoms with Crippen LogP contribution >= 0.6 is 0 Å². The Balaban J connectivity index is 2.76. The number of rotatable bonds is 9. The van der Waals surface area contributed by atoms with E-state index in [0.717, 1.165) is 0 Å². The van der Waals surface area contributed by atoms with Gasteiger partial charge in [0.1, 0.15) is 0 Å². The van der Waals surface area contributed by atoms with E-state index >= 15 is 0 Å². The predicted molar refractivity (Wildman–Crippen MR) is 92.6 cm³/mol. The molecular formula is C18H25NO7. The van der Waals surface area contributed by atoms with Crippen molar-refractivity contribution in [3.63, 3.8) is 0 Å². The van der Waals surface area contributed by atoms with Crippen LogP contribution in [0, 0.1) is 0 Å². The molecule has 0 bridgehead atoms. The Bertz CT molecular complexity index is 591. The Hall–Kier alpha value is -2.45. The maximum absolute atomic E-state index is 12.0. The van der Waals surface area contributed by atoms with Crippen LogP contribution < -0.4 is 0 Å². The van der Waals surface area contributed by atoms with Gasteiger partial charge >= 0.3 is 6.16 Å². The molecule has 0 aromatic carbocycles. The predicted octanol–water partition coefficient (Wildman–Crippen LogP) is 2.66. The smallest absolute Gasteiger partial charge is 0.422 e. The van der Waals surface area contributed by atoms with E-state index < -0.39 is 29.9 Å². The van der Waals surface area contributed by atoms with Crippen LogP contribution in [0.2, 0.25) is 0 Å². The fourth-order valence-electron chi connectivity index (χ4n) is 1.82. The molecule has 26 heavy (non-hydrogen) atoms. The third kappa shape index (κ3) is 6.81. The lowest BCUT2D eigenvalue weighted by Crippen LogP contribution is -2.36. The molecule has 1 rings (SSSR count). The molecule has 0 N–H and O–H groups in total. The van der Waals surface area contributed by atoms with Crippen LogP contribution in [0.15, 0.2) is 36.5 Å². The van der Waals surface area contributed by atoms with Gasteiger partial charge in [0.05, 0.1) is 6.61 Å². The highest BCUT2D eigenvalue weighted by atomic mass is 16.8. The maximum atomic E-state index is 12.0. The molecule has 0 spiro atoms. The summed E-state index contributed by atoms with van der Waals surface area (Å²) in [6, 6.07) is 0. The average Bonchev–Trinajstić information content (AvgIpc) is 2.90. The van der Waals surface area contributed by atoms with Crippen LogP contribution in [-0.4, -0.2) is 48.6 Å². The van der Waals surface area contributed by atoms with Crippen molar-refractivity contribution in [3.05, 3.63) is 36.5 Å². The van der Waals surface area contributed by atoms with Gasteiger partial charge in [0, 0.05) is 20.0 Å². The Labute approximate surface area is 153 Å². The van der Waals surface area contributed by atoms with Gasteiger partial charge in [0.15, 0.2) is 11.9 Å². The summed E-state index contributed by atoms with van der Waals surface area (Å²) in [5, 5.41) is 0.414. The molecule has 8 heteroatoms. The van der Waals surface area contributed by atoms with Gasteiger partial charge in [-0.2, -0.15) is 0 Å². The van der Waals surface area contributed by atoms with Gasteiger partial charge in [-0.15, -0.1) is 0 Å². The molecule has 0 aromatic rings. The molecule has 8 nitrogen and oxygen atoms in total. The number of hydrogen-bond acceptors (Lipinski definition) is 7. The van der Waals surface area contributed by atoms with E-state index in [2.05, 4.69) is 6.58 Å². The largest absolute Gasteiger partial charge is 0.534 e. The van der Waals surface area contributed by atoms with E-state index in [1.807, 2.05) is 13.0 Å². The Morgan fingerprint density at radius 2 is 1.88 bits per heavy atom. The summed E-state index contributed by atoms with van der Waals surface area (Å²) in [5.41, 5.74) is 0.436. The van der Waals surface area contributed by atoms with E-state index in [1.165, 1.54) is 7.11 Å². The number of hydrogen-bond donors (Lipinski definition) is 0. The van der Waals surface area contributed by atoms with Gasteiger partial charge in [-0.3, -0.25) is 14.4 Å². The molecule has 1 aliphatic rings. The van der Waals surface area contributed by atoms with Crippen LogP contribution in [0.5, 0.6) is 0 Å². The van der Waals surface area contributed by atoms with E-state index in [-0.39, 0.29) is 19.4 Å². The molecule has 1 fully saturated rings. The first-order valence-electron chi connectivity index (χ1n) is 8.11. The van der Waals surface area contributed by atoms with Crippen molar-refractivity contribution in [3.8, 4) is 0 Å². The van der Waals surface area contributed by atoms with E-state index in [4.69, 9.17) is 19.0 Å². The molecule has 1 saturated heterocycles. The van der Waals surface area contributed by atoms with Gasteiger partial charge in [-0.1, -0.05) is 35.9 Å². The van der Waals surface area contributed by atoms with E-state index in [0.29, 0.717) is 10.6 Å². The minimum atomic E-state index is -1.20. The second-order valence-electron chi connectivity index (χ2n) is 5.90. The zero-order valence-corrected chi connectivity index (χ0v) is 15.5. The number of amides is 2. The fourth-order valence-corrected chi connectivity index (χ4v) is 1.82. The van der Waals surface area contributed by atoms with Crippen molar-refractivity contribution in [2.45, 2.75) is 45.5 Å². The molecule has 0 saturated carbocycles. The average molecular weight is 367 g/mol. The first-order chi connectivity index (χ1) is 12.2. The minimum absolute atomic E-state index is 0.000516. The lowest BCUT2D eigenvalue weighted by Gasteiger charge is -2.27. The minimum Gasteiger partial charge on any atom is -0.422 e. The number of hydroxylamine groups is 2. The topological polar surface area (TPSA) is 91.4 Å². The molecular weight excluding hydrogens is 342 g/mol. The number of carbonyl (C=O) groups excluding carboxylic acids is 3. The van der Waals surface area contributed by atoms with Crippen LogP contribution in [0.4, 0.5) is 4.79 Å². The molecule has 0 aliphatic carbocycles. The zero-order valence-electron chi connectivity index (χ0n) is 15.5. The van der Waals surface area contributed by atoms with Crippen LogP contribution in [0.25, 0.3) is 0 Å². The molecule has 1 atom stereocenters. The number of nitrogens with zero attached hydrogens (tertiary/aromatic N) is 1. The van der Waals surface area contributed by atoms with Crippen molar-refractivity contribution in [2.75, 3.05) is 13.7 Å². The second kappa shape index (κ2) is 9.88. The Morgan fingerprint density at radius 1 is 1.27 bits per heavy atom. The van der Waals surface area contributed by atoms with Gasteiger partial charge in [-0.05, 0) is 26.3 Å². The van der Waals surface area contributed by atoms with Crippen molar-refractivity contribution in [1.82, 2.24) is 5.06 Å². The molecule has 0 unspecified atom stereocenters. The first kappa shape index (κ1) is 21.6. The first-order valence-corrected chi connectivity index (χ1v) is 8.11. The summed E-state index contributed by atoms with van der Waals surface area (Å²) in [6.45, 7) is 9.04. The molecule has 144 valence electrons. The summed E-state index contributed by atoms with van der Waals surface area (Å²) in [6.07, 6.45) is 4.88. The van der Waals surface area contributed by atoms with Gasteiger partial charge < -0.3 is 14.2 Å². The number of methoxy groups -OCH3 is 1. The van der Waals surface area contributed by atoms with E-state index in [1.54, 1.807) is 32.1 Å². The number of carbonyl (C=O) groups is 3. The lowest BCUT2D eigenvalue weighted by atomic mass is 10.1. The van der Waals surface area contributed by atoms with Crippen molar-refractivity contribution < 1.29 is 33.4 Å². The highest BCUT2D eigenvalue weighted by molar-refractivity contribution is 6.01.